The normalized spacial score (nSPS) is 11.9. The molecule has 3 aromatic carbocycles. The van der Waals surface area contributed by atoms with Crippen LogP contribution < -0.4 is 10.6 Å². The van der Waals surface area contributed by atoms with E-state index in [9.17, 15) is 14.9 Å². The van der Waals surface area contributed by atoms with Crippen molar-refractivity contribution in [3.8, 4) is 0 Å². The Hall–Kier alpha value is -3.49. The number of hydrogen-bond acceptors (Lipinski definition) is 4. The predicted octanol–water partition coefficient (Wildman–Crippen LogP) is 5.35. The number of H-pyrrole nitrogens is 1. The lowest BCUT2D eigenvalue weighted by Gasteiger charge is -2.19. The minimum atomic E-state index is -0.580. The lowest BCUT2D eigenvalue weighted by Crippen LogP contribution is -2.34. The van der Waals surface area contributed by atoms with Gasteiger partial charge in [-0.25, -0.2) is 0 Å². The van der Waals surface area contributed by atoms with Gasteiger partial charge < -0.3 is 15.6 Å². The number of halogens is 1. The highest BCUT2D eigenvalue weighted by atomic mass is 79.9. The van der Waals surface area contributed by atoms with Crippen LogP contribution in [-0.4, -0.2) is 22.4 Å². The second kappa shape index (κ2) is 9.76. The molecule has 8 heteroatoms. The highest BCUT2D eigenvalue weighted by Gasteiger charge is 2.21. The fourth-order valence-corrected chi connectivity index (χ4v) is 4.09. The van der Waals surface area contributed by atoms with E-state index in [4.69, 9.17) is 0 Å². The van der Waals surface area contributed by atoms with Crippen molar-refractivity contribution in [3.05, 3.63) is 105 Å². The summed E-state index contributed by atoms with van der Waals surface area (Å²) in [5.74, 6) is -0.246. The van der Waals surface area contributed by atoms with Crippen LogP contribution in [0.15, 0.2) is 83.5 Å². The molecule has 0 fully saturated rings. The number of carbonyl (C=O) groups is 1. The quantitative estimate of drug-likeness (QED) is 0.228. The van der Waals surface area contributed by atoms with Crippen LogP contribution in [-0.2, 0) is 11.2 Å². The number of amides is 1. The Bertz CT molecular complexity index is 1260. The number of carbonyl (C=O) groups excluding carboxylic acids is 1. The van der Waals surface area contributed by atoms with E-state index >= 15 is 0 Å². The van der Waals surface area contributed by atoms with E-state index in [2.05, 4.69) is 37.6 Å². The van der Waals surface area contributed by atoms with Crippen molar-refractivity contribution in [1.82, 2.24) is 10.3 Å². The molecule has 0 unspecified atom stereocenters. The van der Waals surface area contributed by atoms with Crippen LogP contribution in [0.1, 0.15) is 17.2 Å². The number of non-ortho nitro benzene ring substituents is 1. The van der Waals surface area contributed by atoms with E-state index in [1.807, 2.05) is 54.7 Å². The minimum Gasteiger partial charge on any atom is -0.361 e. The molecule has 7 nitrogen and oxygen atoms in total. The van der Waals surface area contributed by atoms with Crippen molar-refractivity contribution in [3.63, 3.8) is 0 Å². The van der Waals surface area contributed by atoms with Gasteiger partial charge in [0.15, 0.2) is 0 Å². The van der Waals surface area contributed by atoms with Gasteiger partial charge in [-0.1, -0.05) is 48.5 Å². The summed E-state index contributed by atoms with van der Waals surface area (Å²) in [7, 11) is 0. The van der Waals surface area contributed by atoms with Gasteiger partial charge in [0.2, 0.25) is 5.91 Å². The zero-order chi connectivity index (χ0) is 22.5. The molecular formula is C24H21BrN4O3. The molecular weight excluding hydrogens is 472 g/mol. The van der Waals surface area contributed by atoms with Crippen LogP contribution in [0.4, 0.5) is 11.4 Å². The van der Waals surface area contributed by atoms with Crippen LogP contribution in [0, 0.1) is 10.1 Å². The molecule has 162 valence electrons. The Morgan fingerprint density at radius 2 is 1.81 bits per heavy atom. The minimum absolute atomic E-state index is 0.0497. The molecule has 0 spiro atoms. The molecule has 1 amide bonds. The molecule has 3 N–H and O–H groups in total. The Kier molecular flexibility index (Phi) is 6.63. The number of nitro groups is 1. The largest absolute Gasteiger partial charge is 0.361 e. The number of anilines is 1. The lowest BCUT2D eigenvalue weighted by atomic mass is 10.0. The van der Waals surface area contributed by atoms with Gasteiger partial charge in [0.25, 0.3) is 5.69 Å². The standard InChI is InChI=1S/C24H21BrN4O3/c25-20-14-18(29(31)32)10-11-22(20)28-24(30)23(16-6-2-1-3-7-16)26-13-12-17-15-27-21-9-5-4-8-19(17)21/h1-11,14-15,23,26-27H,12-13H2,(H,28,30)/t23-/m0/s1. The molecule has 32 heavy (non-hydrogen) atoms. The fourth-order valence-electron chi connectivity index (χ4n) is 3.62. The number of nitro benzene ring substituents is 1. The maximum Gasteiger partial charge on any atom is 0.270 e. The zero-order valence-electron chi connectivity index (χ0n) is 17.0. The number of aromatic amines is 1. The first kappa shape index (κ1) is 21.7. The van der Waals surface area contributed by atoms with Gasteiger partial charge in [-0.15, -0.1) is 0 Å². The summed E-state index contributed by atoms with van der Waals surface area (Å²) in [5, 5.41) is 18.4. The Balaban J connectivity index is 1.49. The summed E-state index contributed by atoms with van der Waals surface area (Å²) < 4.78 is 0.450. The van der Waals surface area contributed by atoms with Crippen molar-refractivity contribution >= 4 is 44.1 Å². The summed E-state index contributed by atoms with van der Waals surface area (Å²) in [6.07, 6.45) is 2.75. The monoisotopic (exact) mass is 492 g/mol. The average molecular weight is 493 g/mol. The summed E-state index contributed by atoms with van der Waals surface area (Å²) in [4.78, 5) is 26.9. The van der Waals surface area contributed by atoms with Crippen LogP contribution >= 0.6 is 15.9 Å². The molecule has 1 atom stereocenters. The molecule has 0 aliphatic carbocycles. The SMILES string of the molecule is O=C(Nc1ccc([N+](=O)[O-])cc1Br)[C@@H](NCCc1c[nH]c2ccccc12)c1ccccc1. The maximum atomic E-state index is 13.2. The van der Waals surface area contributed by atoms with Crippen LogP contribution in [0.3, 0.4) is 0 Å². The van der Waals surface area contributed by atoms with Crippen LogP contribution in [0.5, 0.6) is 0 Å². The van der Waals surface area contributed by atoms with Gasteiger partial charge in [0, 0.05) is 40.2 Å². The van der Waals surface area contributed by atoms with E-state index in [0.717, 1.165) is 17.5 Å². The summed E-state index contributed by atoms with van der Waals surface area (Å²) in [6.45, 7) is 0.594. The third-order valence-corrected chi connectivity index (χ3v) is 5.89. The van der Waals surface area contributed by atoms with E-state index in [-0.39, 0.29) is 11.6 Å². The molecule has 4 rings (SSSR count). The van der Waals surface area contributed by atoms with Gasteiger partial charge in [0.05, 0.1) is 10.6 Å². The summed E-state index contributed by atoms with van der Waals surface area (Å²) in [5.41, 5.74) is 3.52. The first-order valence-electron chi connectivity index (χ1n) is 10.1. The number of nitrogens with one attached hydrogen (secondary N) is 3. The third kappa shape index (κ3) is 4.87. The second-order valence-corrected chi connectivity index (χ2v) is 8.17. The molecule has 1 aromatic heterocycles. The van der Waals surface area contributed by atoms with E-state index in [0.29, 0.717) is 16.7 Å². The second-order valence-electron chi connectivity index (χ2n) is 7.32. The maximum absolute atomic E-state index is 13.2. The van der Waals surface area contributed by atoms with E-state index in [1.54, 1.807) is 0 Å². The van der Waals surface area contributed by atoms with Crippen molar-refractivity contribution < 1.29 is 9.72 Å². The first-order chi connectivity index (χ1) is 15.5. The topological polar surface area (TPSA) is 100 Å². The molecule has 0 saturated carbocycles. The molecule has 0 aliphatic rings. The van der Waals surface area contributed by atoms with Crippen molar-refractivity contribution in [2.24, 2.45) is 0 Å². The lowest BCUT2D eigenvalue weighted by molar-refractivity contribution is -0.384. The predicted molar refractivity (Wildman–Crippen MR) is 129 cm³/mol. The van der Waals surface area contributed by atoms with Crippen LogP contribution in [0.25, 0.3) is 10.9 Å². The molecule has 4 aromatic rings. The number of hydrogen-bond donors (Lipinski definition) is 3. The fraction of sp³-hybridized carbons (Fsp3) is 0.125. The van der Waals surface area contributed by atoms with Gasteiger partial charge >= 0.3 is 0 Å². The van der Waals surface area contributed by atoms with E-state index in [1.165, 1.54) is 29.1 Å². The average Bonchev–Trinajstić information content (AvgIpc) is 3.21. The van der Waals surface area contributed by atoms with Gasteiger partial charge in [-0.3, -0.25) is 14.9 Å². The molecule has 0 radical (unpaired) electrons. The van der Waals surface area contributed by atoms with Gasteiger partial charge in [-0.05, 0) is 45.6 Å². The number of aromatic nitrogens is 1. The van der Waals surface area contributed by atoms with Gasteiger partial charge in [-0.2, -0.15) is 0 Å². The Morgan fingerprint density at radius 1 is 1.06 bits per heavy atom. The molecule has 0 bridgehead atoms. The van der Waals surface area contributed by atoms with Crippen molar-refractivity contribution in [2.75, 3.05) is 11.9 Å². The Morgan fingerprint density at radius 3 is 2.56 bits per heavy atom. The number of benzene rings is 3. The highest BCUT2D eigenvalue weighted by molar-refractivity contribution is 9.10. The number of rotatable bonds is 8. The molecule has 0 aliphatic heterocycles. The number of para-hydroxylation sites is 1. The summed E-state index contributed by atoms with van der Waals surface area (Å²) in [6, 6.07) is 21.3. The Labute approximate surface area is 193 Å². The highest BCUT2D eigenvalue weighted by Crippen LogP contribution is 2.28. The van der Waals surface area contributed by atoms with Crippen LogP contribution in [0.2, 0.25) is 0 Å². The zero-order valence-corrected chi connectivity index (χ0v) is 18.6. The summed E-state index contributed by atoms with van der Waals surface area (Å²) >= 11 is 3.31. The van der Waals surface area contributed by atoms with E-state index < -0.39 is 11.0 Å². The van der Waals surface area contributed by atoms with Gasteiger partial charge in [0.1, 0.15) is 6.04 Å². The number of fused-ring (bicyclic) bond motifs is 1. The first-order valence-corrected chi connectivity index (χ1v) is 10.9. The van der Waals surface area contributed by atoms with Crippen molar-refractivity contribution in [2.45, 2.75) is 12.5 Å². The molecule has 0 saturated heterocycles. The smallest absolute Gasteiger partial charge is 0.270 e. The van der Waals surface area contributed by atoms with Crippen molar-refractivity contribution in [1.29, 1.82) is 0 Å². The molecule has 1 heterocycles. The number of nitrogens with zero attached hydrogens (tertiary/aromatic N) is 1. The third-order valence-electron chi connectivity index (χ3n) is 5.23.